The van der Waals surface area contributed by atoms with Crippen molar-refractivity contribution in [1.82, 2.24) is 15.1 Å². The Morgan fingerprint density at radius 3 is 2.75 bits per heavy atom. The number of rotatable bonds is 3. The van der Waals surface area contributed by atoms with Crippen molar-refractivity contribution in [3.8, 4) is 0 Å². The fourth-order valence-electron chi connectivity index (χ4n) is 4.32. The van der Waals surface area contributed by atoms with Gasteiger partial charge in [0, 0.05) is 12.1 Å². The second-order valence-corrected chi connectivity index (χ2v) is 7.58. The molecule has 1 aromatic carbocycles. The van der Waals surface area contributed by atoms with E-state index >= 15 is 0 Å². The zero-order chi connectivity index (χ0) is 19.9. The molecule has 0 radical (unpaired) electrons. The Morgan fingerprint density at radius 2 is 1.96 bits per heavy atom. The van der Waals surface area contributed by atoms with Crippen LogP contribution in [0.3, 0.4) is 0 Å². The zero-order valence-electron chi connectivity index (χ0n) is 15.7. The normalized spacial score (nSPS) is 19.7. The molecule has 0 N–H and O–H groups in total. The number of nitrogens with zero attached hydrogens (tertiary/aromatic N) is 3. The molecule has 0 spiro atoms. The maximum atomic E-state index is 13.3. The third-order valence-corrected chi connectivity index (χ3v) is 5.63. The van der Waals surface area contributed by atoms with E-state index in [4.69, 9.17) is 4.42 Å². The van der Waals surface area contributed by atoms with Crippen LogP contribution in [0.15, 0.2) is 16.5 Å². The van der Waals surface area contributed by atoms with Gasteiger partial charge in [-0.15, -0.1) is 10.2 Å². The first-order chi connectivity index (χ1) is 13.3. The quantitative estimate of drug-likeness (QED) is 0.778. The molecule has 1 unspecified atom stereocenters. The molecule has 150 valence electrons. The molecule has 2 heterocycles. The summed E-state index contributed by atoms with van der Waals surface area (Å²) < 4.78 is 43.1. The molecule has 1 aliphatic carbocycles. The second kappa shape index (κ2) is 7.22. The molecule has 1 aromatic heterocycles. The summed E-state index contributed by atoms with van der Waals surface area (Å²) in [7, 11) is 0. The van der Waals surface area contributed by atoms with Gasteiger partial charge in [0.05, 0.1) is 0 Å². The first-order valence-corrected chi connectivity index (χ1v) is 9.65. The number of halogens is 3. The summed E-state index contributed by atoms with van der Waals surface area (Å²) in [4.78, 5) is 15.0. The molecule has 1 fully saturated rings. The van der Waals surface area contributed by atoms with E-state index in [0.717, 1.165) is 37.7 Å². The van der Waals surface area contributed by atoms with Crippen LogP contribution in [-0.4, -0.2) is 33.7 Å². The van der Waals surface area contributed by atoms with Crippen LogP contribution in [0.5, 0.6) is 0 Å². The van der Waals surface area contributed by atoms with E-state index in [1.165, 1.54) is 11.1 Å². The Kier molecular flexibility index (Phi) is 4.89. The van der Waals surface area contributed by atoms with Crippen LogP contribution in [-0.2, 0) is 19.3 Å². The Bertz CT molecular complexity index is 891. The lowest BCUT2D eigenvalue weighted by molar-refractivity contribution is -0.131. The van der Waals surface area contributed by atoms with Crippen LogP contribution in [0.1, 0.15) is 70.6 Å². The van der Waals surface area contributed by atoms with Gasteiger partial charge in [0.25, 0.3) is 5.91 Å². The average Bonchev–Trinajstić information content (AvgIpc) is 3.30. The zero-order valence-corrected chi connectivity index (χ0v) is 15.7. The van der Waals surface area contributed by atoms with E-state index in [2.05, 4.69) is 17.1 Å². The molecule has 1 amide bonds. The van der Waals surface area contributed by atoms with Crippen LogP contribution in [0.25, 0.3) is 0 Å². The lowest BCUT2D eigenvalue weighted by Crippen LogP contribution is -2.39. The Labute approximate surface area is 160 Å². The molecule has 1 aliphatic heterocycles. The molecule has 1 saturated heterocycles. The SMILES string of the molecule is Cc1ccc(C(=O)N2CCCCC2c2nnc(CC(F)(F)F)o2)c2c1CCC2. The van der Waals surface area contributed by atoms with E-state index < -0.39 is 24.5 Å². The van der Waals surface area contributed by atoms with Crippen molar-refractivity contribution in [2.45, 2.75) is 64.1 Å². The molecule has 28 heavy (non-hydrogen) atoms. The number of carbonyl (C=O) groups excluding carboxylic acids is 1. The van der Waals surface area contributed by atoms with Gasteiger partial charge < -0.3 is 9.32 Å². The molecule has 1 atom stereocenters. The highest BCUT2D eigenvalue weighted by Crippen LogP contribution is 2.35. The number of fused-ring (bicyclic) bond motifs is 1. The van der Waals surface area contributed by atoms with E-state index in [1.54, 1.807) is 4.90 Å². The fourth-order valence-corrected chi connectivity index (χ4v) is 4.32. The van der Waals surface area contributed by atoms with E-state index in [9.17, 15) is 18.0 Å². The van der Waals surface area contributed by atoms with Crippen molar-refractivity contribution in [2.75, 3.05) is 6.54 Å². The number of aromatic nitrogens is 2. The van der Waals surface area contributed by atoms with Crippen LogP contribution in [0.2, 0.25) is 0 Å². The first kappa shape index (κ1) is 19.0. The van der Waals surface area contributed by atoms with Gasteiger partial charge in [0.2, 0.25) is 11.8 Å². The third-order valence-electron chi connectivity index (χ3n) is 5.63. The number of amides is 1. The summed E-state index contributed by atoms with van der Waals surface area (Å²) >= 11 is 0. The van der Waals surface area contributed by atoms with E-state index in [0.29, 0.717) is 18.5 Å². The number of aryl methyl sites for hydroxylation is 1. The molecular weight excluding hydrogens is 371 g/mol. The topological polar surface area (TPSA) is 59.2 Å². The van der Waals surface area contributed by atoms with Crippen molar-refractivity contribution < 1.29 is 22.4 Å². The summed E-state index contributed by atoms with van der Waals surface area (Å²) in [5.41, 5.74) is 4.26. The minimum atomic E-state index is -4.41. The minimum absolute atomic E-state index is 0.0936. The van der Waals surface area contributed by atoms with Gasteiger partial charge in [-0.25, -0.2) is 0 Å². The predicted molar refractivity (Wildman–Crippen MR) is 94.9 cm³/mol. The van der Waals surface area contributed by atoms with Crippen LogP contribution in [0, 0.1) is 6.92 Å². The van der Waals surface area contributed by atoms with Gasteiger partial charge in [0.15, 0.2) is 0 Å². The summed E-state index contributed by atoms with van der Waals surface area (Å²) in [6.07, 6.45) is -0.456. The molecule has 2 aliphatic rings. The first-order valence-electron chi connectivity index (χ1n) is 9.65. The van der Waals surface area contributed by atoms with Gasteiger partial charge in [-0.05, 0) is 68.2 Å². The largest absolute Gasteiger partial charge is 0.423 e. The molecule has 2 aromatic rings. The Morgan fingerprint density at radius 1 is 1.18 bits per heavy atom. The number of hydrogen-bond acceptors (Lipinski definition) is 4. The third kappa shape index (κ3) is 3.64. The van der Waals surface area contributed by atoms with Crippen LogP contribution >= 0.6 is 0 Å². The van der Waals surface area contributed by atoms with Crippen molar-refractivity contribution in [3.05, 3.63) is 46.2 Å². The van der Waals surface area contributed by atoms with Crippen molar-refractivity contribution in [2.24, 2.45) is 0 Å². The number of piperidine rings is 1. The monoisotopic (exact) mass is 393 g/mol. The minimum Gasteiger partial charge on any atom is -0.423 e. The molecule has 8 heteroatoms. The van der Waals surface area contributed by atoms with Crippen molar-refractivity contribution in [1.29, 1.82) is 0 Å². The summed E-state index contributed by atoms with van der Waals surface area (Å²) in [6, 6.07) is 3.37. The smallest absolute Gasteiger partial charge is 0.397 e. The van der Waals surface area contributed by atoms with Gasteiger partial charge in [0.1, 0.15) is 12.5 Å². The van der Waals surface area contributed by atoms with E-state index in [1.807, 2.05) is 12.1 Å². The van der Waals surface area contributed by atoms with Crippen LogP contribution < -0.4 is 0 Å². The van der Waals surface area contributed by atoms with Crippen molar-refractivity contribution >= 4 is 5.91 Å². The number of alkyl halides is 3. The number of benzene rings is 1. The maximum absolute atomic E-state index is 13.3. The molecule has 0 saturated carbocycles. The maximum Gasteiger partial charge on any atom is 0.397 e. The Balaban J connectivity index is 1.61. The van der Waals surface area contributed by atoms with Gasteiger partial charge in [-0.1, -0.05) is 6.07 Å². The standard InChI is InChI=1S/C20H22F3N3O2/c1-12-8-9-15(14-6-4-5-13(12)14)19(27)26-10-3-2-7-16(26)18-25-24-17(28-18)11-20(21,22)23/h8-9,16H,2-7,10-11H2,1H3. The molecule has 5 nitrogen and oxygen atoms in total. The molecular formula is C20H22F3N3O2. The number of likely N-dealkylation sites (tertiary alicyclic amines) is 1. The predicted octanol–water partition coefficient (Wildman–Crippen LogP) is 4.34. The Hall–Kier alpha value is -2.38. The molecule has 0 bridgehead atoms. The highest BCUT2D eigenvalue weighted by Gasteiger charge is 2.36. The number of hydrogen-bond donors (Lipinski definition) is 0. The van der Waals surface area contributed by atoms with Gasteiger partial charge >= 0.3 is 6.18 Å². The van der Waals surface area contributed by atoms with E-state index in [-0.39, 0.29) is 11.8 Å². The summed E-state index contributed by atoms with van der Waals surface area (Å²) in [5, 5.41) is 7.36. The highest BCUT2D eigenvalue weighted by atomic mass is 19.4. The fraction of sp³-hybridized carbons (Fsp3) is 0.550. The second-order valence-electron chi connectivity index (χ2n) is 7.58. The lowest BCUT2D eigenvalue weighted by atomic mass is 9.95. The van der Waals surface area contributed by atoms with Gasteiger partial charge in [-0.2, -0.15) is 13.2 Å². The highest BCUT2D eigenvalue weighted by molar-refractivity contribution is 5.96. The van der Waals surface area contributed by atoms with Gasteiger partial charge in [-0.3, -0.25) is 4.79 Å². The molecule has 4 rings (SSSR count). The summed E-state index contributed by atoms with van der Waals surface area (Å²) in [6.45, 7) is 2.59. The summed E-state index contributed by atoms with van der Waals surface area (Å²) in [5.74, 6) is -0.467. The van der Waals surface area contributed by atoms with Crippen LogP contribution in [0.4, 0.5) is 13.2 Å². The number of carbonyl (C=O) groups is 1. The average molecular weight is 393 g/mol. The lowest BCUT2D eigenvalue weighted by Gasteiger charge is -2.34. The van der Waals surface area contributed by atoms with Crippen molar-refractivity contribution in [3.63, 3.8) is 0 Å².